The van der Waals surface area contributed by atoms with E-state index in [-0.39, 0.29) is 0 Å². The van der Waals surface area contributed by atoms with Crippen LogP contribution in [0.2, 0.25) is 5.15 Å². The van der Waals surface area contributed by atoms with Crippen molar-refractivity contribution >= 4 is 17.1 Å². The Hall–Kier alpha value is -1.06. The number of hydrogen-bond acceptors (Lipinski definition) is 2. The summed E-state index contributed by atoms with van der Waals surface area (Å²) in [5.74, 6) is 1.74. The summed E-state index contributed by atoms with van der Waals surface area (Å²) in [6.07, 6.45) is 4.54. The topological polar surface area (TPSA) is 29.3 Å². The van der Waals surface area contributed by atoms with Crippen molar-refractivity contribution < 1.29 is 0 Å². The summed E-state index contributed by atoms with van der Waals surface area (Å²) in [6, 6.07) is 4.15. The summed E-state index contributed by atoms with van der Waals surface area (Å²) in [5.41, 5.74) is 2.26. The van der Waals surface area contributed by atoms with Gasteiger partial charge in [0.05, 0.1) is 5.52 Å². The van der Waals surface area contributed by atoms with Gasteiger partial charge in [0.25, 0.3) is 0 Å². The van der Waals surface area contributed by atoms with E-state index in [4.69, 9.17) is 11.6 Å². The van der Waals surface area contributed by atoms with E-state index in [0.29, 0.717) is 11.1 Å². The second-order valence-electron chi connectivity index (χ2n) is 4.32. The Morgan fingerprint density at radius 1 is 1.56 bits per heavy atom. The van der Waals surface area contributed by atoms with Crippen LogP contribution in [0.25, 0.3) is 5.52 Å². The zero-order chi connectivity index (χ0) is 11.1. The molecular formula is C12H14ClN3. The third-order valence-corrected chi connectivity index (χ3v) is 3.31. The van der Waals surface area contributed by atoms with Crippen molar-refractivity contribution in [2.75, 3.05) is 7.05 Å². The molecule has 1 saturated carbocycles. The first-order chi connectivity index (χ1) is 7.81. The average Bonchev–Trinajstić information content (AvgIpc) is 3.05. The van der Waals surface area contributed by atoms with Crippen molar-refractivity contribution in [2.24, 2.45) is 0 Å². The summed E-state index contributed by atoms with van der Waals surface area (Å²) in [7, 11) is 1.94. The number of aromatic nitrogens is 2. The SMILES string of the molecule is CNCc1cccn2c(C3CC3)nc(Cl)c12. The fourth-order valence-electron chi connectivity index (χ4n) is 2.15. The lowest BCUT2D eigenvalue weighted by molar-refractivity contribution is 0.816. The maximum Gasteiger partial charge on any atom is 0.155 e. The molecule has 0 saturated heterocycles. The van der Waals surface area contributed by atoms with Crippen LogP contribution in [0.4, 0.5) is 0 Å². The van der Waals surface area contributed by atoms with E-state index in [1.54, 1.807) is 0 Å². The molecule has 0 bridgehead atoms. The third kappa shape index (κ3) is 1.51. The molecule has 16 heavy (non-hydrogen) atoms. The summed E-state index contributed by atoms with van der Waals surface area (Å²) in [6.45, 7) is 0.819. The van der Waals surface area contributed by atoms with Gasteiger partial charge in [-0.25, -0.2) is 4.98 Å². The maximum absolute atomic E-state index is 6.23. The first kappa shape index (κ1) is 10.1. The predicted octanol–water partition coefficient (Wildman–Crippen LogP) is 2.58. The van der Waals surface area contributed by atoms with Crippen molar-refractivity contribution in [3.05, 3.63) is 34.9 Å². The lowest BCUT2D eigenvalue weighted by Crippen LogP contribution is -2.06. The minimum Gasteiger partial charge on any atom is -0.316 e. The number of nitrogens with zero attached hydrogens (tertiary/aromatic N) is 2. The summed E-state index contributed by atoms with van der Waals surface area (Å²) in [4.78, 5) is 4.50. The molecule has 3 nitrogen and oxygen atoms in total. The molecule has 0 radical (unpaired) electrons. The zero-order valence-corrected chi connectivity index (χ0v) is 9.96. The van der Waals surface area contributed by atoms with Crippen molar-refractivity contribution in [2.45, 2.75) is 25.3 Å². The lowest BCUT2D eigenvalue weighted by atomic mass is 10.2. The predicted molar refractivity (Wildman–Crippen MR) is 64.9 cm³/mol. The number of rotatable bonds is 3. The standard InChI is InChI=1S/C12H14ClN3/c1-14-7-9-3-2-6-16-10(9)11(13)15-12(16)8-4-5-8/h2-3,6,8,14H,4-5,7H2,1H3. The lowest BCUT2D eigenvalue weighted by Gasteiger charge is -2.04. The van der Waals surface area contributed by atoms with Crippen LogP contribution in [0.1, 0.15) is 30.1 Å². The van der Waals surface area contributed by atoms with Crippen molar-refractivity contribution in [3.8, 4) is 0 Å². The summed E-state index contributed by atoms with van der Waals surface area (Å²) >= 11 is 6.23. The normalized spacial score (nSPS) is 15.9. The van der Waals surface area contributed by atoms with Crippen LogP contribution in [-0.2, 0) is 6.54 Å². The van der Waals surface area contributed by atoms with Gasteiger partial charge in [0, 0.05) is 18.7 Å². The van der Waals surface area contributed by atoms with E-state index in [1.165, 1.54) is 18.4 Å². The van der Waals surface area contributed by atoms with Crippen LogP contribution in [0.3, 0.4) is 0 Å². The quantitative estimate of drug-likeness (QED) is 0.886. The van der Waals surface area contributed by atoms with Gasteiger partial charge in [-0.3, -0.25) is 0 Å². The van der Waals surface area contributed by atoms with E-state index in [1.807, 2.05) is 7.05 Å². The minimum absolute atomic E-state index is 0.616. The van der Waals surface area contributed by atoms with E-state index in [9.17, 15) is 0 Å². The molecule has 4 heteroatoms. The molecular weight excluding hydrogens is 222 g/mol. The van der Waals surface area contributed by atoms with E-state index in [0.717, 1.165) is 17.9 Å². The van der Waals surface area contributed by atoms with E-state index >= 15 is 0 Å². The molecule has 0 unspecified atom stereocenters. The molecule has 0 atom stereocenters. The molecule has 1 fully saturated rings. The minimum atomic E-state index is 0.616. The number of pyridine rings is 1. The van der Waals surface area contributed by atoms with E-state index < -0.39 is 0 Å². The van der Waals surface area contributed by atoms with Crippen molar-refractivity contribution in [1.29, 1.82) is 0 Å². The molecule has 2 aromatic heterocycles. The Bertz CT molecular complexity index is 528. The van der Waals surface area contributed by atoms with Crippen LogP contribution in [0, 0.1) is 0 Å². The summed E-state index contributed by atoms with van der Waals surface area (Å²) in [5, 5.41) is 3.79. The highest BCUT2D eigenvalue weighted by Crippen LogP contribution is 2.41. The van der Waals surface area contributed by atoms with Gasteiger partial charge in [0.1, 0.15) is 5.82 Å². The molecule has 2 aromatic rings. The molecule has 0 spiro atoms. The van der Waals surface area contributed by atoms with E-state index in [2.05, 4.69) is 33.0 Å². The molecule has 3 rings (SSSR count). The number of hydrogen-bond donors (Lipinski definition) is 1. The Morgan fingerprint density at radius 2 is 2.38 bits per heavy atom. The van der Waals surface area contributed by atoms with Crippen LogP contribution < -0.4 is 5.32 Å². The number of nitrogens with one attached hydrogen (secondary N) is 1. The molecule has 84 valence electrons. The Morgan fingerprint density at radius 3 is 3.06 bits per heavy atom. The monoisotopic (exact) mass is 235 g/mol. The number of halogens is 1. The van der Waals surface area contributed by atoms with Crippen LogP contribution in [-0.4, -0.2) is 16.4 Å². The first-order valence-corrected chi connectivity index (χ1v) is 5.99. The molecule has 0 aliphatic heterocycles. The third-order valence-electron chi connectivity index (χ3n) is 3.04. The van der Waals surface area contributed by atoms with Crippen LogP contribution in [0.15, 0.2) is 18.3 Å². The highest BCUT2D eigenvalue weighted by atomic mass is 35.5. The van der Waals surface area contributed by atoms with Crippen LogP contribution >= 0.6 is 11.6 Å². The molecule has 1 aliphatic rings. The highest BCUT2D eigenvalue weighted by molar-refractivity contribution is 6.32. The van der Waals surface area contributed by atoms with Gasteiger partial charge in [-0.2, -0.15) is 0 Å². The van der Waals surface area contributed by atoms with Crippen molar-refractivity contribution in [1.82, 2.24) is 14.7 Å². The zero-order valence-electron chi connectivity index (χ0n) is 9.20. The van der Waals surface area contributed by atoms with Gasteiger partial charge in [-0.1, -0.05) is 17.7 Å². The van der Waals surface area contributed by atoms with Gasteiger partial charge < -0.3 is 9.72 Å². The Labute approximate surface area is 99.4 Å². The van der Waals surface area contributed by atoms with Gasteiger partial charge in [0.2, 0.25) is 0 Å². The fourth-order valence-corrected chi connectivity index (χ4v) is 2.45. The van der Waals surface area contributed by atoms with Gasteiger partial charge in [-0.15, -0.1) is 0 Å². The fraction of sp³-hybridized carbons (Fsp3) is 0.417. The second kappa shape index (κ2) is 3.75. The van der Waals surface area contributed by atoms with Crippen molar-refractivity contribution in [3.63, 3.8) is 0 Å². The maximum atomic E-state index is 6.23. The second-order valence-corrected chi connectivity index (χ2v) is 4.68. The Balaban J connectivity index is 2.22. The average molecular weight is 236 g/mol. The number of imidazole rings is 1. The molecule has 2 heterocycles. The smallest absolute Gasteiger partial charge is 0.155 e. The van der Waals surface area contributed by atoms with Gasteiger partial charge >= 0.3 is 0 Å². The van der Waals surface area contributed by atoms with Crippen LogP contribution in [0.5, 0.6) is 0 Å². The molecule has 1 N–H and O–H groups in total. The Kier molecular flexibility index (Phi) is 2.37. The largest absolute Gasteiger partial charge is 0.316 e. The first-order valence-electron chi connectivity index (χ1n) is 5.61. The summed E-state index contributed by atoms with van der Waals surface area (Å²) < 4.78 is 2.15. The molecule has 0 amide bonds. The molecule has 1 aliphatic carbocycles. The van der Waals surface area contributed by atoms with Gasteiger partial charge in [0.15, 0.2) is 5.15 Å². The molecule has 0 aromatic carbocycles. The van der Waals surface area contributed by atoms with Gasteiger partial charge in [-0.05, 0) is 31.5 Å². The highest BCUT2D eigenvalue weighted by Gasteiger charge is 2.29. The number of fused-ring (bicyclic) bond motifs is 1.